The zero-order valence-corrected chi connectivity index (χ0v) is 5.91. The first-order valence-electron chi connectivity index (χ1n) is 3.14. The molecule has 1 N–H and O–H groups in total. The largest absolute Gasteiger partial charge is 0.377 e. The van der Waals surface area contributed by atoms with Crippen molar-refractivity contribution in [2.45, 2.75) is 11.9 Å². The van der Waals surface area contributed by atoms with Gasteiger partial charge >= 0.3 is 0 Å². The summed E-state index contributed by atoms with van der Waals surface area (Å²) < 4.78 is 5.43. The van der Waals surface area contributed by atoms with Crippen LogP contribution in [0, 0.1) is 0 Å². The Hall–Kier alpha value is -0.150. The Morgan fingerprint density at radius 1 is 1.78 bits per heavy atom. The minimum absolute atomic E-state index is 0.332. The molecule has 9 heavy (non-hydrogen) atoms. The minimum Gasteiger partial charge on any atom is -0.377 e. The second-order valence-electron chi connectivity index (χ2n) is 2.14. The standard InChI is InChI=1S/C6H9NOS/c1-2-5-6(8-3-1)9-4-7-5/h2,6-7H,1,3-4H2. The van der Waals surface area contributed by atoms with Gasteiger partial charge in [-0.15, -0.1) is 11.8 Å². The van der Waals surface area contributed by atoms with Gasteiger partial charge in [-0.3, -0.25) is 0 Å². The van der Waals surface area contributed by atoms with Crippen LogP contribution in [0.5, 0.6) is 0 Å². The molecule has 2 rings (SSSR count). The highest BCUT2D eigenvalue weighted by Crippen LogP contribution is 2.27. The van der Waals surface area contributed by atoms with E-state index in [2.05, 4.69) is 11.4 Å². The lowest BCUT2D eigenvalue weighted by Crippen LogP contribution is -2.18. The van der Waals surface area contributed by atoms with E-state index >= 15 is 0 Å². The Labute approximate surface area is 58.6 Å². The summed E-state index contributed by atoms with van der Waals surface area (Å²) in [4.78, 5) is 0. The molecule has 0 amide bonds. The van der Waals surface area contributed by atoms with E-state index in [0.717, 1.165) is 18.9 Å². The first kappa shape index (κ1) is 5.62. The highest BCUT2D eigenvalue weighted by molar-refractivity contribution is 8.00. The van der Waals surface area contributed by atoms with Gasteiger partial charge in [-0.25, -0.2) is 0 Å². The SMILES string of the molecule is C1=C2NCSC2OCC1. The first-order valence-corrected chi connectivity index (χ1v) is 4.19. The van der Waals surface area contributed by atoms with Crippen LogP contribution >= 0.6 is 11.8 Å². The molecular weight excluding hydrogens is 134 g/mol. The quantitative estimate of drug-likeness (QED) is 0.544. The third-order valence-electron chi connectivity index (χ3n) is 1.52. The fourth-order valence-electron chi connectivity index (χ4n) is 1.07. The van der Waals surface area contributed by atoms with Crippen LogP contribution in [0.3, 0.4) is 0 Å². The summed E-state index contributed by atoms with van der Waals surface area (Å²) in [5.41, 5.74) is 1.62. The smallest absolute Gasteiger partial charge is 0.144 e. The van der Waals surface area contributed by atoms with Crippen LogP contribution in [-0.2, 0) is 4.74 Å². The van der Waals surface area contributed by atoms with Gasteiger partial charge in [0, 0.05) is 5.70 Å². The van der Waals surface area contributed by atoms with Gasteiger partial charge in [0.05, 0.1) is 12.5 Å². The van der Waals surface area contributed by atoms with Crippen molar-refractivity contribution in [3.05, 3.63) is 11.8 Å². The lowest BCUT2D eigenvalue weighted by atomic mass is 10.3. The Balaban J connectivity index is 2.16. The molecule has 0 bridgehead atoms. The summed E-state index contributed by atoms with van der Waals surface area (Å²) in [6.07, 6.45) is 3.30. The van der Waals surface area contributed by atoms with Crippen molar-refractivity contribution in [2.24, 2.45) is 0 Å². The molecule has 1 atom stereocenters. The number of hydrogen-bond donors (Lipinski definition) is 1. The van der Waals surface area contributed by atoms with Crippen molar-refractivity contribution < 1.29 is 4.74 Å². The number of thioether (sulfide) groups is 1. The average molecular weight is 143 g/mol. The molecule has 2 aliphatic rings. The molecule has 2 nitrogen and oxygen atoms in total. The van der Waals surface area contributed by atoms with Crippen LogP contribution < -0.4 is 5.32 Å². The molecule has 1 unspecified atom stereocenters. The van der Waals surface area contributed by atoms with E-state index in [0.29, 0.717) is 5.44 Å². The Kier molecular flexibility index (Phi) is 1.39. The zero-order chi connectivity index (χ0) is 6.10. The molecule has 2 heterocycles. The van der Waals surface area contributed by atoms with Gasteiger partial charge in [0.25, 0.3) is 0 Å². The van der Waals surface area contributed by atoms with Gasteiger partial charge in [-0.2, -0.15) is 0 Å². The average Bonchev–Trinajstić information content (AvgIpc) is 2.33. The first-order chi connectivity index (χ1) is 4.47. The van der Waals surface area contributed by atoms with Crippen LogP contribution in [-0.4, -0.2) is 17.9 Å². The number of rotatable bonds is 0. The van der Waals surface area contributed by atoms with Crippen molar-refractivity contribution in [2.75, 3.05) is 12.5 Å². The molecular formula is C6H9NOS. The van der Waals surface area contributed by atoms with Gasteiger partial charge in [0.1, 0.15) is 5.44 Å². The van der Waals surface area contributed by atoms with Gasteiger partial charge in [-0.1, -0.05) is 6.08 Å². The molecule has 0 aromatic heterocycles. The van der Waals surface area contributed by atoms with Crippen molar-refractivity contribution in [3.8, 4) is 0 Å². The Morgan fingerprint density at radius 2 is 2.78 bits per heavy atom. The molecule has 1 fully saturated rings. The minimum atomic E-state index is 0.332. The third kappa shape index (κ3) is 0.946. The molecule has 0 aromatic carbocycles. The molecule has 50 valence electrons. The van der Waals surface area contributed by atoms with Crippen LogP contribution in [0.4, 0.5) is 0 Å². The summed E-state index contributed by atoms with van der Waals surface area (Å²) in [6, 6.07) is 0. The maximum atomic E-state index is 5.43. The lowest BCUT2D eigenvalue weighted by Gasteiger charge is -2.15. The third-order valence-corrected chi connectivity index (χ3v) is 2.52. The van der Waals surface area contributed by atoms with E-state index in [9.17, 15) is 0 Å². The monoisotopic (exact) mass is 143 g/mol. The Bertz CT molecular complexity index is 146. The topological polar surface area (TPSA) is 21.3 Å². The number of hydrogen-bond acceptors (Lipinski definition) is 3. The summed E-state index contributed by atoms with van der Waals surface area (Å²) in [5, 5.41) is 3.26. The van der Waals surface area contributed by atoms with E-state index < -0.39 is 0 Å². The van der Waals surface area contributed by atoms with E-state index in [1.54, 1.807) is 0 Å². The molecule has 0 spiro atoms. The number of ether oxygens (including phenoxy) is 1. The van der Waals surface area contributed by atoms with E-state index in [1.807, 2.05) is 11.8 Å². The van der Waals surface area contributed by atoms with Crippen molar-refractivity contribution >= 4 is 11.8 Å². The fourth-order valence-corrected chi connectivity index (χ4v) is 2.02. The summed E-state index contributed by atoms with van der Waals surface area (Å²) in [6.45, 7) is 0.892. The number of fused-ring (bicyclic) bond motifs is 1. The van der Waals surface area contributed by atoms with Crippen molar-refractivity contribution in [1.82, 2.24) is 5.32 Å². The van der Waals surface area contributed by atoms with Gasteiger partial charge in [0.2, 0.25) is 0 Å². The lowest BCUT2D eigenvalue weighted by molar-refractivity contribution is 0.127. The number of nitrogens with one attached hydrogen (secondary N) is 1. The molecule has 0 saturated carbocycles. The molecule has 0 aliphatic carbocycles. The molecule has 2 aliphatic heterocycles. The van der Waals surface area contributed by atoms with Crippen LogP contribution in [0.25, 0.3) is 0 Å². The maximum absolute atomic E-state index is 5.43. The van der Waals surface area contributed by atoms with Crippen molar-refractivity contribution in [3.63, 3.8) is 0 Å². The van der Waals surface area contributed by atoms with Crippen LogP contribution in [0.1, 0.15) is 6.42 Å². The predicted octanol–water partition coefficient (Wildman–Crippen LogP) is 0.911. The van der Waals surface area contributed by atoms with Crippen LogP contribution in [0.15, 0.2) is 11.8 Å². The summed E-state index contributed by atoms with van der Waals surface area (Å²) >= 11 is 1.82. The normalized spacial score (nSPS) is 32.9. The van der Waals surface area contributed by atoms with Gasteiger partial charge in [0.15, 0.2) is 0 Å². The summed E-state index contributed by atoms with van der Waals surface area (Å²) in [5.74, 6) is 1.01. The fraction of sp³-hybridized carbons (Fsp3) is 0.667. The van der Waals surface area contributed by atoms with Gasteiger partial charge < -0.3 is 10.1 Å². The van der Waals surface area contributed by atoms with Crippen molar-refractivity contribution in [1.29, 1.82) is 0 Å². The molecule has 3 heteroatoms. The molecule has 0 aromatic rings. The van der Waals surface area contributed by atoms with E-state index in [4.69, 9.17) is 4.74 Å². The predicted molar refractivity (Wildman–Crippen MR) is 38.0 cm³/mol. The van der Waals surface area contributed by atoms with E-state index in [-0.39, 0.29) is 0 Å². The van der Waals surface area contributed by atoms with E-state index in [1.165, 1.54) is 5.70 Å². The van der Waals surface area contributed by atoms with Gasteiger partial charge in [-0.05, 0) is 6.42 Å². The zero-order valence-electron chi connectivity index (χ0n) is 5.09. The highest BCUT2D eigenvalue weighted by atomic mass is 32.2. The molecule has 1 saturated heterocycles. The second-order valence-corrected chi connectivity index (χ2v) is 3.19. The van der Waals surface area contributed by atoms with Crippen LogP contribution in [0.2, 0.25) is 0 Å². The Morgan fingerprint density at radius 3 is 3.67 bits per heavy atom. The highest BCUT2D eigenvalue weighted by Gasteiger charge is 2.23. The second kappa shape index (κ2) is 2.23. The molecule has 0 radical (unpaired) electrons. The maximum Gasteiger partial charge on any atom is 0.144 e. The summed E-state index contributed by atoms with van der Waals surface area (Å²) in [7, 11) is 0.